The van der Waals surface area contributed by atoms with Gasteiger partial charge in [0, 0.05) is 12.7 Å². The van der Waals surface area contributed by atoms with E-state index in [4.69, 9.17) is 4.74 Å². The molecule has 0 saturated heterocycles. The van der Waals surface area contributed by atoms with E-state index in [1.807, 2.05) is 10.8 Å². The second-order valence-electron chi connectivity index (χ2n) is 4.78. The molecule has 0 bridgehead atoms. The smallest absolute Gasteiger partial charge is 0.265 e. The number of benzene rings is 2. The second kappa shape index (κ2) is 7.71. The van der Waals surface area contributed by atoms with Gasteiger partial charge in [0.1, 0.15) is 0 Å². The number of hydrogen-bond acceptors (Lipinski definition) is 4. The summed E-state index contributed by atoms with van der Waals surface area (Å²) in [7, 11) is -2.37. The van der Waals surface area contributed by atoms with Crippen LogP contribution < -0.4 is 4.72 Å². The van der Waals surface area contributed by atoms with Crippen molar-refractivity contribution in [2.45, 2.75) is 6.61 Å². The zero-order valence-corrected chi connectivity index (χ0v) is 13.4. The molecule has 0 radical (unpaired) electrons. The van der Waals surface area contributed by atoms with Gasteiger partial charge in [-0.1, -0.05) is 48.5 Å². The maximum absolute atomic E-state index is 12.2. The van der Waals surface area contributed by atoms with Crippen LogP contribution in [0, 0.1) is 0 Å². The number of hydrogen-bond donors (Lipinski definition) is 1. The van der Waals surface area contributed by atoms with Crippen LogP contribution in [-0.2, 0) is 21.4 Å². The van der Waals surface area contributed by atoms with Crippen LogP contribution in [0.5, 0.6) is 0 Å². The van der Waals surface area contributed by atoms with Crippen LogP contribution in [0.15, 0.2) is 60.0 Å². The Morgan fingerprint density at radius 2 is 1.74 bits per heavy atom. The highest BCUT2D eigenvalue weighted by molar-refractivity contribution is 7.93. The molecule has 6 heteroatoms. The third-order valence-electron chi connectivity index (χ3n) is 3.04. The Morgan fingerprint density at radius 3 is 2.43 bits per heavy atom. The fourth-order valence-corrected chi connectivity index (χ4v) is 2.75. The third-order valence-corrected chi connectivity index (χ3v) is 4.00. The van der Waals surface area contributed by atoms with E-state index in [0.29, 0.717) is 5.56 Å². The molecule has 0 heterocycles. The average molecular weight is 331 g/mol. The molecular weight excluding hydrogens is 314 g/mol. The van der Waals surface area contributed by atoms with Crippen molar-refractivity contribution >= 4 is 22.0 Å². The number of carbonyl (C=O) groups is 1. The number of amides is 1. The molecule has 2 aromatic carbocycles. The minimum atomic E-state index is -3.88. The molecule has 0 aliphatic rings. The summed E-state index contributed by atoms with van der Waals surface area (Å²) in [5, 5.41) is 0.971. The molecule has 1 amide bonds. The summed E-state index contributed by atoms with van der Waals surface area (Å²) in [5.74, 6) is -0.685. The number of nitrogens with one attached hydrogen (secondary N) is 1. The zero-order chi connectivity index (χ0) is 16.7. The quantitative estimate of drug-likeness (QED) is 0.883. The van der Waals surface area contributed by atoms with Crippen molar-refractivity contribution in [2.24, 2.45) is 0 Å². The van der Waals surface area contributed by atoms with E-state index in [9.17, 15) is 13.2 Å². The van der Waals surface area contributed by atoms with Crippen molar-refractivity contribution in [3.8, 4) is 0 Å². The van der Waals surface area contributed by atoms with Gasteiger partial charge in [0.25, 0.3) is 15.9 Å². The first-order chi connectivity index (χ1) is 11.0. The summed E-state index contributed by atoms with van der Waals surface area (Å²) < 4.78 is 31.1. The van der Waals surface area contributed by atoms with Gasteiger partial charge in [-0.3, -0.25) is 4.79 Å². The van der Waals surface area contributed by atoms with Crippen molar-refractivity contribution < 1.29 is 17.9 Å². The van der Waals surface area contributed by atoms with Gasteiger partial charge in [-0.05, 0) is 23.3 Å². The molecule has 2 rings (SSSR count). The van der Waals surface area contributed by atoms with Crippen LogP contribution in [0.4, 0.5) is 0 Å². The monoisotopic (exact) mass is 331 g/mol. The fraction of sp³-hybridized carbons (Fsp3) is 0.118. The second-order valence-corrected chi connectivity index (χ2v) is 6.35. The van der Waals surface area contributed by atoms with E-state index in [0.717, 1.165) is 11.0 Å². The molecule has 0 atom stereocenters. The van der Waals surface area contributed by atoms with Gasteiger partial charge < -0.3 is 4.74 Å². The predicted molar refractivity (Wildman–Crippen MR) is 89.0 cm³/mol. The Labute approximate surface area is 135 Å². The van der Waals surface area contributed by atoms with Gasteiger partial charge in [0.05, 0.1) is 12.0 Å². The number of methoxy groups -OCH3 is 1. The normalized spacial score (nSPS) is 11.5. The highest BCUT2D eigenvalue weighted by Gasteiger charge is 2.16. The van der Waals surface area contributed by atoms with Gasteiger partial charge in [-0.2, -0.15) is 0 Å². The first kappa shape index (κ1) is 16.9. The van der Waals surface area contributed by atoms with Gasteiger partial charge in [-0.25, -0.2) is 13.1 Å². The van der Waals surface area contributed by atoms with Crippen LogP contribution in [0.25, 0.3) is 6.08 Å². The van der Waals surface area contributed by atoms with Crippen LogP contribution >= 0.6 is 0 Å². The summed E-state index contributed by atoms with van der Waals surface area (Å²) in [6.07, 6.45) is 1.43. The molecule has 2 aromatic rings. The molecule has 120 valence electrons. The third kappa shape index (κ3) is 5.05. The van der Waals surface area contributed by atoms with Crippen LogP contribution in [-0.4, -0.2) is 21.4 Å². The first-order valence-corrected chi connectivity index (χ1v) is 8.43. The molecule has 23 heavy (non-hydrogen) atoms. The molecule has 0 aliphatic carbocycles. The Morgan fingerprint density at radius 1 is 1.09 bits per heavy atom. The summed E-state index contributed by atoms with van der Waals surface area (Å²) in [6.45, 7) is 0.226. The highest BCUT2D eigenvalue weighted by Crippen LogP contribution is 2.11. The lowest BCUT2D eigenvalue weighted by molar-refractivity contribution is 0.0977. The summed E-state index contributed by atoms with van der Waals surface area (Å²) in [4.78, 5) is 12.2. The molecule has 1 N–H and O–H groups in total. The fourth-order valence-electron chi connectivity index (χ4n) is 1.97. The molecular formula is C17H17NO4S. The molecule has 5 nitrogen and oxygen atoms in total. The minimum absolute atomic E-state index is 0.226. The standard InChI is InChI=1S/C17H17NO4S/c1-22-13-15-9-5-6-10-16(15)17(19)18-23(20,21)12-11-14-7-3-2-4-8-14/h2-12H,13H2,1H3,(H,18,19)/b12-11+. The van der Waals surface area contributed by atoms with Crippen molar-refractivity contribution in [1.82, 2.24) is 4.72 Å². The van der Waals surface area contributed by atoms with Gasteiger partial charge in [0.15, 0.2) is 0 Å². The molecule has 0 aliphatic heterocycles. The van der Waals surface area contributed by atoms with Gasteiger partial charge in [-0.15, -0.1) is 0 Å². The van der Waals surface area contributed by atoms with Crippen LogP contribution in [0.3, 0.4) is 0 Å². The van der Waals surface area contributed by atoms with Crippen molar-refractivity contribution in [3.05, 3.63) is 76.7 Å². The van der Waals surface area contributed by atoms with Crippen molar-refractivity contribution in [1.29, 1.82) is 0 Å². The summed E-state index contributed by atoms with van der Waals surface area (Å²) >= 11 is 0. The lowest BCUT2D eigenvalue weighted by atomic mass is 10.1. The maximum Gasteiger partial charge on any atom is 0.265 e. The van der Waals surface area contributed by atoms with E-state index in [1.165, 1.54) is 13.2 Å². The number of ether oxygens (including phenoxy) is 1. The summed E-state index contributed by atoms with van der Waals surface area (Å²) in [5.41, 5.74) is 1.62. The average Bonchev–Trinajstić information content (AvgIpc) is 2.54. The van der Waals surface area contributed by atoms with E-state index < -0.39 is 15.9 Å². The van der Waals surface area contributed by atoms with E-state index in [1.54, 1.807) is 48.5 Å². The molecule has 0 fully saturated rings. The van der Waals surface area contributed by atoms with Gasteiger partial charge >= 0.3 is 0 Å². The number of sulfonamides is 1. The van der Waals surface area contributed by atoms with E-state index in [-0.39, 0.29) is 12.2 Å². The van der Waals surface area contributed by atoms with Crippen molar-refractivity contribution in [3.63, 3.8) is 0 Å². The van der Waals surface area contributed by atoms with Crippen LogP contribution in [0.2, 0.25) is 0 Å². The molecule has 0 unspecified atom stereocenters. The largest absolute Gasteiger partial charge is 0.380 e. The van der Waals surface area contributed by atoms with Gasteiger partial charge in [0.2, 0.25) is 0 Å². The Balaban J connectivity index is 2.14. The SMILES string of the molecule is COCc1ccccc1C(=O)NS(=O)(=O)/C=C/c1ccccc1. The lowest BCUT2D eigenvalue weighted by Gasteiger charge is -2.08. The topological polar surface area (TPSA) is 72.5 Å². The van der Waals surface area contributed by atoms with Crippen molar-refractivity contribution in [2.75, 3.05) is 7.11 Å². The molecule has 0 saturated carbocycles. The van der Waals surface area contributed by atoms with E-state index in [2.05, 4.69) is 0 Å². The molecule has 0 aromatic heterocycles. The number of rotatable bonds is 6. The summed E-state index contributed by atoms with van der Waals surface area (Å²) in [6, 6.07) is 15.7. The lowest BCUT2D eigenvalue weighted by Crippen LogP contribution is -2.29. The highest BCUT2D eigenvalue weighted by atomic mass is 32.2. The number of carbonyl (C=O) groups excluding carboxylic acids is 1. The maximum atomic E-state index is 12.2. The van der Waals surface area contributed by atoms with E-state index >= 15 is 0 Å². The predicted octanol–water partition coefficient (Wildman–Crippen LogP) is 2.56. The minimum Gasteiger partial charge on any atom is -0.380 e. The Kier molecular flexibility index (Phi) is 5.67. The Hall–Kier alpha value is -2.44. The molecule has 0 spiro atoms. The zero-order valence-electron chi connectivity index (χ0n) is 12.6. The Bertz CT molecular complexity index is 798. The van der Waals surface area contributed by atoms with Crippen LogP contribution in [0.1, 0.15) is 21.5 Å². The first-order valence-electron chi connectivity index (χ1n) is 6.89.